The normalized spacial score (nSPS) is 22.3. The van der Waals surface area contributed by atoms with E-state index in [2.05, 4.69) is 25.8 Å². The Morgan fingerprint density at radius 3 is 2.89 bits per heavy atom. The Bertz CT molecular complexity index is 377. The van der Waals surface area contributed by atoms with E-state index < -0.39 is 6.10 Å². The third-order valence-electron chi connectivity index (χ3n) is 3.29. The van der Waals surface area contributed by atoms with Crippen molar-refractivity contribution < 1.29 is 9.84 Å². The lowest BCUT2D eigenvalue weighted by Crippen LogP contribution is -2.12. The molecule has 0 saturated carbocycles. The zero-order valence-electron chi connectivity index (χ0n) is 11.5. The number of nitrogens with zero attached hydrogens (tertiary/aromatic N) is 1. The molecule has 1 fully saturated rings. The molecule has 1 aliphatic heterocycles. The summed E-state index contributed by atoms with van der Waals surface area (Å²) in [6.45, 7) is 7.32. The largest absolute Gasteiger partial charge is 0.387 e. The second kappa shape index (κ2) is 5.68. The maximum Gasteiger partial charge on any atom is 0.0983 e. The fourth-order valence-corrected chi connectivity index (χ4v) is 3.10. The molecule has 0 spiro atoms. The first-order valence-corrected chi connectivity index (χ1v) is 7.60. The van der Waals surface area contributed by atoms with E-state index in [0.29, 0.717) is 6.10 Å². The monoisotopic (exact) mass is 269 g/mol. The highest BCUT2D eigenvalue weighted by atomic mass is 32.1. The molecular formula is C14H23NO2S. The van der Waals surface area contributed by atoms with E-state index in [4.69, 9.17) is 4.74 Å². The minimum atomic E-state index is -0.443. The molecule has 0 radical (unpaired) electrons. The first-order valence-electron chi connectivity index (χ1n) is 6.72. The maximum absolute atomic E-state index is 10.1. The van der Waals surface area contributed by atoms with Crippen LogP contribution in [0.2, 0.25) is 0 Å². The average molecular weight is 269 g/mol. The van der Waals surface area contributed by atoms with Crippen LogP contribution in [0.15, 0.2) is 5.38 Å². The van der Waals surface area contributed by atoms with Crippen LogP contribution in [0.4, 0.5) is 0 Å². The Hall–Kier alpha value is -0.450. The number of aliphatic hydroxyl groups excluding tert-OH is 1. The van der Waals surface area contributed by atoms with Crippen LogP contribution in [0.3, 0.4) is 0 Å². The van der Waals surface area contributed by atoms with Crippen LogP contribution in [-0.4, -0.2) is 22.8 Å². The van der Waals surface area contributed by atoms with E-state index in [1.54, 1.807) is 11.3 Å². The number of ether oxygens (including phenoxy) is 1. The minimum Gasteiger partial charge on any atom is -0.387 e. The predicted molar refractivity (Wildman–Crippen MR) is 74.0 cm³/mol. The molecule has 4 heteroatoms. The molecule has 0 aliphatic carbocycles. The third-order valence-corrected chi connectivity index (χ3v) is 4.58. The van der Waals surface area contributed by atoms with Gasteiger partial charge in [-0.15, -0.1) is 11.3 Å². The summed E-state index contributed by atoms with van der Waals surface area (Å²) >= 11 is 1.64. The van der Waals surface area contributed by atoms with Gasteiger partial charge in [0.2, 0.25) is 0 Å². The lowest BCUT2D eigenvalue weighted by atomic mass is 9.98. The Kier molecular flexibility index (Phi) is 4.41. The van der Waals surface area contributed by atoms with E-state index in [0.717, 1.165) is 43.0 Å². The van der Waals surface area contributed by atoms with Crippen LogP contribution < -0.4 is 0 Å². The van der Waals surface area contributed by atoms with Crippen molar-refractivity contribution in [3.05, 3.63) is 16.1 Å². The SMILES string of the molecule is CC(C)(C)c1nc(C(O)CCC2CCCO2)cs1. The Morgan fingerprint density at radius 2 is 2.33 bits per heavy atom. The van der Waals surface area contributed by atoms with Gasteiger partial charge in [-0.3, -0.25) is 0 Å². The summed E-state index contributed by atoms with van der Waals surface area (Å²) in [6.07, 6.45) is 3.88. The average Bonchev–Trinajstić information content (AvgIpc) is 2.96. The molecule has 2 rings (SSSR count). The first-order chi connectivity index (χ1) is 8.47. The number of hydrogen-bond acceptors (Lipinski definition) is 4. The number of aliphatic hydroxyl groups is 1. The zero-order chi connectivity index (χ0) is 13.2. The molecule has 2 heterocycles. The lowest BCUT2D eigenvalue weighted by molar-refractivity contribution is 0.0803. The molecule has 18 heavy (non-hydrogen) atoms. The van der Waals surface area contributed by atoms with Gasteiger partial charge in [-0.2, -0.15) is 0 Å². The molecule has 0 amide bonds. The van der Waals surface area contributed by atoms with Gasteiger partial charge >= 0.3 is 0 Å². The fourth-order valence-electron chi connectivity index (χ4n) is 2.15. The number of hydrogen-bond donors (Lipinski definition) is 1. The van der Waals surface area contributed by atoms with Gasteiger partial charge in [0.15, 0.2) is 0 Å². The van der Waals surface area contributed by atoms with Crippen LogP contribution in [0.1, 0.15) is 63.3 Å². The van der Waals surface area contributed by atoms with Crippen LogP contribution in [0.5, 0.6) is 0 Å². The van der Waals surface area contributed by atoms with Gasteiger partial charge in [0.25, 0.3) is 0 Å². The quantitative estimate of drug-likeness (QED) is 0.910. The van der Waals surface area contributed by atoms with Crippen molar-refractivity contribution >= 4 is 11.3 Å². The van der Waals surface area contributed by atoms with Gasteiger partial charge in [-0.05, 0) is 25.7 Å². The Balaban J connectivity index is 1.88. The molecule has 0 aromatic carbocycles. The number of thiazole rings is 1. The molecule has 3 nitrogen and oxygen atoms in total. The molecule has 2 unspecified atom stereocenters. The number of rotatable bonds is 4. The van der Waals surface area contributed by atoms with E-state index in [1.807, 2.05) is 5.38 Å². The van der Waals surface area contributed by atoms with Crippen molar-refractivity contribution in [3.8, 4) is 0 Å². The van der Waals surface area contributed by atoms with Crippen LogP contribution in [0, 0.1) is 0 Å². The molecule has 0 bridgehead atoms. The van der Waals surface area contributed by atoms with Gasteiger partial charge in [-0.1, -0.05) is 20.8 Å². The molecule has 1 aliphatic rings. The van der Waals surface area contributed by atoms with E-state index in [1.165, 1.54) is 0 Å². The smallest absolute Gasteiger partial charge is 0.0983 e. The minimum absolute atomic E-state index is 0.0667. The maximum atomic E-state index is 10.1. The summed E-state index contributed by atoms with van der Waals surface area (Å²) < 4.78 is 5.57. The molecular weight excluding hydrogens is 246 g/mol. The predicted octanol–water partition coefficient (Wildman–Crippen LogP) is 3.43. The van der Waals surface area contributed by atoms with Crippen molar-refractivity contribution in [2.75, 3.05) is 6.61 Å². The van der Waals surface area contributed by atoms with Gasteiger partial charge in [0.05, 0.1) is 22.9 Å². The van der Waals surface area contributed by atoms with Crippen LogP contribution in [0.25, 0.3) is 0 Å². The molecule has 102 valence electrons. The Labute approximate surface area is 113 Å². The van der Waals surface area contributed by atoms with Crippen molar-refractivity contribution in [2.45, 2.75) is 64.1 Å². The highest BCUT2D eigenvalue weighted by molar-refractivity contribution is 7.09. The zero-order valence-corrected chi connectivity index (χ0v) is 12.3. The lowest BCUT2D eigenvalue weighted by Gasteiger charge is -2.14. The van der Waals surface area contributed by atoms with Crippen molar-refractivity contribution in [1.29, 1.82) is 0 Å². The van der Waals surface area contributed by atoms with Crippen molar-refractivity contribution in [1.82, 2.24) is 4.98 Å². The topological polar surface area (TPSA) is 42.4 Å². The highest BCUT2D eigenvalue weighted by Crippen LogP contribution is 2.30. The van der Waals surface area contributed by atoms with Gasteiger partial charge < -0.3 is 9.84 Å². The molecule has 1 N–H and O–H groups in total. The molecule has 1 aromatic heterocycles. The highest BCUT2D eigenvalue weighted by Gasteiger charge is 2.22. The van der Waals surface area contributed by atoms with Gasteiger partial charge in [0.1, 0.15) is 0 Å². The van der Waals surface area contributed by atoms with Gasteiger partial charge in [-0.25, -0.2) is 4.98 Å². The summed E-state index contributed by atoms with van der Waals surface area (Å²) in [5.74, 6) is 0. The third kappa shape index (κ3) is 3.53. The second-order valence-corrected chi connectivity index (χ2v) is 6.91. The summed E-state index contributed by atoms with van der Waals surface area (Å²) in [7, 11) is 0. The second-order valence-electron chi connectivity index (χ2n) is 6.06. The van der Waals surface area contributed by atoms with Crippen LogP contribution in [-0.2, 0) is 10.2 Å². The summed E-state index contributed by atoms with van der Waals surface area (Å²) in [5.41, 5.74) is 0.889. The first kappa shape index (κ1) is 14.0. The summed E-state index contributed by atoms with van der Waals surface area (Å²) in [5, 5.41) is 13.2. The molecule has 1 saturated heterocycles. The van der Waals surface area contributed by atoms with Gasteiger partial charge in [0, 0.05) is 17.4 Å². The summed E-state index contributed by atoms with van der Waals surface area (Å²) in [4.78, 5) is 4.55. The summed E-state index contributed by atoms with van der Waals surface area (Å²) in [6, 6.07) is 0. The van der Waals surface area contributed by atoms with Crippen LogP contribution >= 0.6 is 11.3 Å². The number of aromatic nitrogens is 1. The standard InChI is InChI=1S/C14H23NO2S/c1-14(2,3)13-15-11(9-18-13)12(16)7-6-10-5-4-8-17-10/h9-10,12,16H,4-8H2,1-3H3. The molecule has 1 aromatic rings. The van der Waals surface area contributed by atoms with E-state index in [-0.39, 0.29) is 5.41 Å². The van der Waals surface area contributed by atoms with E-state index >= 15 is 0 Å². The fraction of sp³-hybridized carbons (Fsp3) is 0.786. The Morgan fingerprint density at radius 1 is 1.56 bits per heavy atom. The van der Waals surface area contributed by atoms with Crippen molar-refractivity contribution in [3.63, 3.8) is 0 Å². The van der Waals surface area contributed by atoms with Crippen molar-refractivity contribution in [2.24, 2.45) is 0 Å². The molecule has 2 atom stereocenters. The van der Waals surface area contributed by atoms with E-state index in [9.17, 15) is 5.11 Å².